The summed E-state index contributed by atoms with van der Waals surface area (Å²) in [5.41, 5.74) is 0.998. The third-order valence-electron chi connectivity index (χ3n) is 2.03. The summed E-state index contributed by atoms with van der Waals surface area (Å²) < 4.78 is 0. The number of pyridine rings is 1. The molecule has 0 aliphatic rings. The summed E-state index contributed by atoms with van der Waals surface area (Å²) in [6.07, 6.45) is 6.87. The van der Waals surface area contributed by atoms with Crippen LogP contribution in [0.5, 0.6) is 0 Å². The van der Waals surface area contributed by atoms with Crippen LogP contribution in [0, 0.1) is 22.7 Å². The monoisotopic (exact) mass is 317 g/mol. The van der Waals surface area contributed by atoms with Crippen molar-refractivity contribution in [1.82, 2.24) is 15.0 Å². The SMILES string of the molecule is Cl.F.N#CC#N.c1ccc2ncncc2c1.c1ccncc1. The molecule has 0 unspecified atom stereocenters. The first-order valence-electron chi connectivity index (χ1n) is 5.66. The van der Waals surface area contributed by atoms with E-state index in [9.17, 15) is 0 Å². The molecule has 112 valence electrons. The summed E-state index contributed by atoms with van der Waals surface area (Å²) in [4.78, 5) is 11.8. The lowest BCUT2D eigenvalue weighted by Gasteiger charge is -1.90. The van der Waals surface area contributed by atoms with E-state index in [2.05, 4.69) is 15.0 Å². The number of rotatable bonds is 0. The minimum atomic E-state index is 0. The van der Waals surface area contributed by atoms with Crippen molar-refractivity contribution in [2.45, 2.75) is 0 Å². The lowest BCUT2D eigenvalue weighted by atomic mass is 10.2. The van der Waals surface area contributed by atoms with Crippen LogP contribution in [0.4, 0.5) is 4.70 Å². The number of benzene rings is 1. The van der Waals surface area contributed by atoms with Crippen LogP contribution in [0.25, 0.3) is 10.9 Å². The first kappa shape index (κ1) is 21.2. The number of fused-ring (bicyclic) bond motifs is 1. The summed E-state index contributed by atoms with van der Waals surface area (Å²) >= 11 is 0. The molecule has 0 fully saturated rings. The largest absolute Gasteiger partial charge is 0.269 e. The molecule has 0 aliphatic heterocycles. The first-order chi connectivity index (χ1) is 9.88. The Balaban J connectivity index is 0. The van der Waals surface area contributed by atoms with E-state index in [1.165, 1.54) is 12.1 Å². The van der Waals surface area contributed by atoms with E-state index in [0.29, 0.717) is 0 Å². The van der Waals surface area contributed by atoms with Gasteiger partial charge in [0.05, 0.1) is 5.52 Å². The Kier molecular flexibility index (Phi) is 13.8. The van der Waals surface area contributed by atoms with Gasteiger partial charge < -0.3 is 0 Å². The zero-order chi connectivity index (χ0) is 14.5. The Labute approximate surface area is 133 Å². The Morgan fingerprint density at radius 1 is 0.818 bits per heavy atom. The molecule has 0 saturated heterocycles. The van der Waals surface area contributed by atoms with Gasteiger partial charge in [0, 0.05) is 24.0 Å². The van der Waals surface area contributed by atoms with Crippen molar-refractivity contribution < 1.29 is 4.70 Å². The Morgan fingerprint density at radius 2 is 1.45 bits per heavy atom. The highest BCUT2D eigenvalue weighted by Crippen LogP contribution is 2.06. The molecule has 0 atom stereocenters. The molecule has 0 bridgehead atoms. The minimum Gasteiger partial charge on any atom is -0.269 e. The van der Waals surface area contributed by atoms with E-state index >= 15 is 0 Å². The van der Waals surface area contributed by atoms with Gasteiger partial charge >= 0.3 is 0 Å². The Hall–Kier alpha value is -3.09. The van der Waals surface area contributed by atoms with Gasteiger partial charge in [0.25, 0.3) is 0 Å². The molecule has 3 aromatic rings. The molecule has 3 rings (SSSR count). The normalized spacial score (nSPS) is 7.18. The van der Waals surface area contributed by atoms with E-state index in [1.54, 1.807) is 18.7 Å². The van der Waals surface area contributed by atoms with E-state index in [0.717, 1.165) is 10.9 Å². The molecular weight excluding hydrogens is 305 g/mol. The number of hydrogen-bond acceptors (Lipinski definition) is 5. The molecule has 1 aromatic carbocycles. The molecule has 0 N–H and O–H groups in total. The number of hydrogen-bond donors (Lipinski definition) is 0. The van der Waals surface area contributed by atoms with E-state index < -0.39 is 0 Å². The molecule has 0 aliphatic carbocycles. The fourth-order valence-electron chi connectivity index (χ4n) is 1.24. The molecule has 0 amide bonds. The maximum Gasteiger partial charge on any atom is 0.181 e. The molecule has 22 heavy (non-hydrogen) atoms. The topological polar surface area (TPSA) is 86.2 Å². The zero-order valence-electron chi connectivity index (χ0n) is 11.4. The molecule has 0 spiro atoms. The smallest absolute Gasteiger partial charge is 0.181 e. The van der Waals surface area contributed by atoms with Crippen LogP contribution in [0.1, 0.15) is 0 Å². The van der Waals surface area contributed by atoms with Crippen molar-refractivity contribution in [1.29, 1.82) is 10.5 Å². The van der Waals surface area contributed by atoms with Crippen molar-refractivity contribution in [2.75, 3.05) is 0 Å². The van der Waals surface area contributed by atoms with Gasteiger partial charge in [-0.15, -0.1) is 12.4 Å². The van der Waals surface area contributed by atoms with Crippen molar-refractivity contribution in [3.63, 3.8) is 0 Å². The van der Waals surface area contributed by atoms with Crippen LogP contribution in [0.3, 0.4) is 0 Å². The highest BCUT2D eigenvalue weighted by atomic mass is 35.5. The number of para-hydroxylation sites is 1. The molecule has 2 heterocycles. The van der Waals surface area contributed by atoms with Crippen molar-refractivity contribution in [3.8, 4) is 12.1 Å². The van der Waals surface area contributed by atoms with E-state index in [4.69, 9.17) is 10.5 Å². The number of halogens is 2. The van der Waals surface area contributed by atoms with Gasteiger partial charge in [-0.3, -0.25) is 9.69 Å². The lowest BCUT2D eigenvalue weighted by molar-refractivity contribution is 1.11. The van der Waals surface area contributed by atoms with Crippen LogP contribution in [0.2, 0.25) is 0 Å². The number of nitrogens with zero attached hydrogens (tertiary/aromatic N) is 5. The summed E-state index contributed by atoms with van der Waals surface area (Å²) in [6.45, 7) is 0. The molecule has 7 heteroatoms. The van der Waals surface area contributed by atoms with Gasteiger partial charge in [0.2, 0.25) is 0 Å². The molecule has 0 saturated carbocycles. The zero-order valence-corrected chi connectivity index (χ0v) is 12.2. The van der Waals surface area contributed by atoms with Gasteiger partial charge in [-0.1, -0.05) is 24.3 Å². The number of nitriles is 2. The quantitative estimate of drug-likeness (QED) is 0.634. The van der Waals surface area contributed by atoms with Crippen molar-refractivity contribution in [2.24, 2.45) is 0 Å². The Bertz CT molecular complexity index is 606. The third-order valence-corrected chi connectivity index (χ3v) is 2.03. The van der Waals surface area contributed by atoms with E-state index in [-0.39, 0.29) is 17.1 Å². The summed E-state index contributed by atoms with van der Waals surface area (Å²) in [5.74, 6) is 0. The average Bonchev–Trinajstić information content (AvgIpc) is 2.57. The Morgan fingerprint density at radius 3 is 1.91 bits per heavy atom. The fourth-order valence-corrected chi connectivity index (χ4v) is 1.24. The third kappa shape index (κ3) is 8.92. The highest BCUT2D eigenvalue weighted by Gasteiger charge is 1.87. The van der Waals surface area contributed by atoms with Gasteiger partial charge in [0.1, 0.15) is 6.33 Å². The highest BCUT2D eigenvalue weighted by molar-refractivity contribution is 5.85. The minimum absolute atomic E-state index is 0. The summed E-state index contributed by atoms with van der Waals surface area (Å²) in [7, 11) is 0. The summed E-state index contributed by atoms with van der Waals surface area (Å²) in [5, 5.41) is 15.6. The van der Waals surface area contributed by atoms with Gasteiger partial charge in [-0.2, -0.15) is 10.5 Å². The average molecular weight is 318 g/mol. The molecule has 5 nitrogen and oxygen atoms in total. The van der Waals surface area contributed by atoms with Crippen LogP contribution < -0.4 is 0 Å². The second kappa shape index (κ2) is 14.3. The van der Waals surface area contributed by atoms with Gasteiger partial charge in [0.15, 0.2) is 12.1 Å². The molecule has 2 aromatic heterocycles. The van der Waals surface area contributed by atoms with Crippen LogP contribution >= 0.6 is 12.4 Å². The molecule has 0 radical (unpaired) electrons. The van der Waals surface area contributed by atoms with Crippen LogP contribution in [0.15, 0.2) is 67.4 Å². The standard InChI is InChI=1S/C8H6N2.C5H5N.C2N2.ClH.FH/c1-2-4-8-7(3-1)5-9-6-10-8;1-2-4-6-5-3-1;3-1-2-4;;/h1-6H;1-5H;;2*1H. The van der Waals surface area contributed by atoms with Crippen LogP contribution in [-0.4, -0.2) is 15.0 Å². The first-order valence-corrected chi connectivity index (χ1v) is 5.66. The van der Waals surface area contributed by atoms with Crippen LogP contribution in [-0.2, 0) is 0 Å². The van der Waals surface area contributed by atoms with Crippen molar-refractivity contribution in [3.05, 3.63) is 67.4 Å². The van der Waals surface area contributed by atoms with Gasteiger partial charge in [-0.05, 0) is 18.2 Å². The fraction of sp³-hybridized carbons (Fsp3) is 0. The predicted molar refractivity (Wildman–Crippen MR) is 84.8 cm³/mol. The predicted octanol–water partition coefficient (Wildman–Crippen LogP) is 3.32. The second-order valence-electron chi connectivity index (χ2n) is 3.33. The molecular formula is C15H13ClFN5. The second-order valence-corrected chi connectivity index (χ2v) is 3.33. The van der Waals surface area contributed by atoms with E-state index in [1.807, 2.05) is 48.7 Å². The lowest BCUT2D eigenvalue weighted by Crippen LogP contribution is -1.77. The maximum atomic E-state index is 7.26. The number of aromatic nitrogens is 3. The van der Waals surface area contributed by atoms with Crippen molar-refractivity contribution >= 4 is 23.3 Å². The maximum absolute atomic E-state index is 7.26. The van der Waals surface area contributed by atoms with Gasteiger partial charge in [-0.25, -0.2) is 9.97 Å². The summed E-state index contributed by atoms with van der Waals surface area (Å²) in [6, 6.07) is 16.1.